The molecule has 0 amide bonds. The Labute approximate surface area is 189 Å². The molecule has 1 aromatic carbocycles. The topological polar surface area (TPSA) is 88.8 Å². The highest BCUT2D eigenvalue weighted by Crippen LogP contribution is 2.29. The van der Waals surface area contributed by atoms with Gasteiger partial charge in [-0.2, -0.15) is 10.2 Å². The highest BCUT2D eigenvalue weighted by molar-refractivity contribution is 7.89. The maximum atomic E-state index is 14.1. The summed E-state index contributed by atoms with van der Waals surface area (Å²) in [5.41, 5.74) is 0.350. The Morgan fingerprint density at radius 1 is 1.35 bits per heavy atom. The fourth-order valence-corrected chi connectivity index (χ4v) is 5.43. The lowest BCUT2D eigenvalue weighted by Crippen LogP contribution is -2.40. The Bertz CT molecular complexity index is 1230. The summed E-state index contributed by atoms with van der Waals surface area (Å²) in [5.74, 6) is 0.709. The average molecular weight is 485 g/mol. The van der Waals surface area contributed by atoms with Gasteiger partial charge in [0.1, 0.15) is 11.6 Å². The summed E-state index contributed by atoms with van der Waals surface area (Å²) in [7, 11) is -3.28. The number of rotatable bonds is 6. The van der Waals surface area contributed by atoms with E-state index in [0.717, 1.165) is 12.8 Å². The number of hydrogen-bond acceptors (Lipinski definition) is 5. The van der Waals surface area contributed by atoms with Crippen molar-refractivity contribution >= 4 is 33.8 Å². The Hall–Kier alpha value is -2.08. The molecule has 3 aromatic rings. The molecule has 2 aromatic heterocycles. The third-order valence-corrected chi connectivity index (χ3v) is 7.92. The molecule has 1 N–H and O–H groups in total. The molecule has 0 aliphatic carbocycles. The number of H-pyrrole nitrogens is 1. The van der Waals surface area contributed by atoms with E-state index in [1.165, 1.54) is 10.4 Å². The molecular formula is C19H22ClFN6O2S2. The first-order valence-electron chi connectivity index (χ1n) is 9.92. The van der Waals surface area contributed by atoms with Gasteiger partial charge in [-0.1, -0.05) is 17.7 Å². The fraction of sp³-hybridized carbons (Fsp3) is 0.421. The number of aromatic nitrogens is 5. The first-order valence-corrected chi connectivity index (χ1v) is 12.3. The van der Waals surface area contributed by atoms with Crippen molar-refractivity contribution in [3.8, 4) is 5.82 Å². The van der Waals surface area contributed by atoms with Gasteiger partial charge in [-0.25, -0.2) is 17.1 Å². The van der Waals surface area contributed by atoms with Crippen LogP contribution in [0.4, 0.5) is 4.39 Å². The molecule has 1 saturated heterocycles. The number of benzene rings is 1. The molecule has 0 saturated carbocycles. The van der Waals surface area contributed by atoms with Crippen molar-refractivity contribution in [2.24, 2.45) is 0 Å². The standard InChI is InChI=1S/C19H22ClFN6O2S2/c1-2-31(28,29)26-9-4-5-13(11-26)18-22-23-19(30)27(18)17-8-10-25(24-17)12-14-15(20)6-3-7-16(14)21/h3,6-8,10,13H,2,4-5,9,11-12H2,1H3,(H,23,30)/t13-/m1/s1. The number of nitrogens with one attached hydrogen (secondary N) is 1. The predicted octanol–water partition coefficient (Wildman–Crippen LogP) is 3.50. The highest BCUT2D eigenvalue weighted by atomic mass is 35.5. The quantitative estimate of drug-likeness (QED) is 0.541. The van der Waals surface area contributed by atoms with Crippen LogP contribution in [-0.4, -0.2) is 56.1 Å². The highest BCUT2D eigenvalue weighted by Gasteiger charge is 2.31. The van der Waals surface area contributed by atoms with Gasteiger partial charge < -0.3 is 0 Å². The number of piperidine rings is 1. The van der Waals surface area contributed by atoms with E-state index >= 15 is 0 Å². The van der Waals surface area contributed by atoms with Gasteiger partial charge in [-0.15, -0.1) is 0 Å². The number of sulfonamides is 1. The van der Waals surface area contributed by atoms with E-state index in [0.29, 0.717) is 40.1 Å². The summed E-state index contributed by atoms with van der Waals surface area (Å²) in [6.45, 7) is 2.67. The van der Waals surface area contributed by atoms with Crippen LogP contribution in [0, 0.1) is 10.6 Å². The third kappa shape index (κ3) is 4.45. The smallest absolute Gasteiger partial charge is 0.213 e. The molecule has 0 bridgehead atoms. The molecule has 1 atom stereocenters. The lowest BCUT2D eigenvalue weighted by molar-refractivity contribution is 0.307. The second-order valence-electron chi connectivity index (χ2n) is 7.39. The van der Waals surface area contributed by atoms with Crippen molar-refractivity contribution in [1.82, 2.24) is 28.9 Å². The molecule has 8 nitrogen and oxygen atoms in total. The molecule has 0 spiro atoms. The first kappa shape index (κ1) is 22.1. The van der Waals surface area contributed by atoms with E-state index < -0.39 is 15.8 Å². The summed E-state index contributed by atoms with van der Waals surface area (Å²) in [6.07, 6.45) is 3.25. The Morgan fingerprint density at radius 3 is 2.90 bits per heavy atom. The van der Waals surface area contributed by atoms with Crippen molar-refractivity contribution in [3.63, 3.8) is 0 Å². The van der Waals surface area contributed by atoms with Crippen molar-refractivity contribution in [1.29, 1.82) is 0 Å². The van der Waals surface area contributed by atoms with Crippen LogP contribution in [0.15, 0.2) is 30.5 Å². The maximum absolute atomic E-state index is 14.1. The Balaban J connectivity index is 1.63. The largest absolute Gasteiger partial charge is 0.266 e. The normalized spacial score (nSPS) is 17.8. The minimum atomic E-state index is -3.28. The van der Waals surface area contributed by atoms with E-state index in [9.17, 15) is 12.8 Å². The number of aromatic amines is 1. The van der Waals surface area contributed by atoms with Gasteiger partial charge in [-0.05, 0) is 44.1 Å². The van der Waals surface area contributed by atoms with Gasteiger partial charge in [0, 0.05) is 41.9 Å². The molecule has 1 aliphatic rings. The SMILES string of the molecule is CCS(=O)(=O)N1CCC[C@@H](c2n[nH]c(=S)n2-c2ccn(Cc3c(F)cccc3Cl)n2)C1. The van der Waals surface area contributed by atoms with Crippen molar-refractivity contribution in [2.45, 2.75) is 32.2 Å². The molecular weight excluding hydrogens is 463 g/mol. The van der Waals surface area contributed by atoms with Gasteiger partial charge in [0.2, 0.25) is 14.8 Å². The van der Waals surface area contributed by atoms with Gasteiger partial charge in [0.15, 0.2) is 5.82 Å². The average Bonchev–Trinajstić information content (AvgIpc) is 3.37. The predicted molar refractivity (Wildman–Crippen MR) is 118 cm³/mol. The summed E-state index contributed by atoms with van der Waals surface area (Å²) >= 11 is 11.5. The van der Waals surface area contributed by atoms with Gasteiger partial charge in [0.25, 0.3) is 0 Å². The Morgan fingerprint density at radius 2 is 2.16 bits per heavy atom. The van der Waals surface area contributed by atoms with Gasteiger partial charge >= 0.3 is 0 Å². The molecule has 166 valence electrons. The molecule has 3 heterocycles. The molecule has 1 fully saturated rings. The number of hydrogen-bond donors (Lipinski definition) is 1. The van der Waals surface area contributed by atoms with Crippen molar-refractivity contribution in [2.75, 3.05) is 18.8 Å². The zero-order chi connectivity index (χ0) is 22.2. The van der Waals surface area contributed by atoms with Crippen molar-refractivity contribution < 1.29 is 12.8 Å². The monoisotopic (exact) mass is 484 g/mol. The lowest BCUT2D eigenvalue weighted by Gasteiger charge is -2.31. The Kier molecular flexibility index (Phi) is 6.29. The van der Waals surface area contributed by atoms with Gasteiger partial charge in [0.05, 0.1) is 12.3 Å². The van der Waals surface area contributed by atoms with E-state index in [4.69, 9.17) is 23.8 Å². The van der Waals surface area contributed by atoms with E-state index in [1.54, 1.807) is 40.6 Å². The van der Waals surface area contributed by atoms with Gasteiger partial charge in [-0.3, -0.25) is 14.3 Å². The number of nitrogens with zero attached hydrogens (tertiary/aromatic N) is 5. The summed E-state index contributed by atoms with van der Waals surface area (Å²) in [5, 5.41) is 12.0. The van der Waals surface area contributed by atoms with Crippen LogP contribution >= 0.6 is 23.8 Å². The number of halogens is 2. The van der Waals surface area contributed by atoms with Crippen LogP contribution in [-0.2, 0) is 16.6 Å². The van der Waals surface area contributed by atoms with E-state index in [1.807, 2.05) is 0 Å². The molecule has 1 aliphatic heterocycles. The van der Waals surface area contributed by atoms with Crippen LogP contribution in [0.2, 0.25) is 5.02 Å². The molecule has 4 rings (SSSR count). The summed E-state index contributed by atoms with van der Waals surface area (Å²) in [6, 6.07) is 6.30. The zero-order valence-corrected chi connectivity index (χ0v) is 19.2. The fourth-order valence-electron chi connectivity index (χ4n) is 3.80. The van der Waals surface area contributed by atoms with Crippen LogP contribution in [0.25, 0.3) is 5.82 Å². The summed E-state index contributed by atoms with van der Waals surface area (Å²) in [4.78, 5) is 0. The van der Waals surface area contributed by atoms with E-state index in [-0.39, 0.29) is 18.2 Å². The summed E-state index contributed by atoms with van der Waals surface area (Å²) < 4.78 is 44.0. The molecule has 0 radical (unpaired) electrons. The molecule has 31 heavy (non-hydrogen) atoms. The zero-order valence-electron chi connectivity index (χ0n) is 16.8. The third-order valence-electron chi connectivity index (χ3n) is 5.44. The van der Waals surface area contributed by atoms with Crippen LogP contribution in [0.3, 0.4) is 0 Å². The second-order valence-corrected chi connectivity index (χ2v) is 10.4. The van der Waals surface area contributed by atoms with Crippen LogP contribution in [0.1, 0.15) is 37.1 Å². The molecule has 0 unspecified atom stereocenters. The minimum absolute atomic E-state index is 0.0651. The molecule has 12 heteroatoms. The van der Waals surface area contributed by atoms with Crippen LogP contribution < -0.4 is 0 Å². The lowest BCUT2D eigenvalue weighted by atomic mass is 9.99. The van der Waals surface area contributed by atoms with Crippen molar-refractivity contribution in [3.05, 3.63) is 57.5 Å². The van der Waals surface area contributed by atoms with E-state index in [2.05, 4.69) is 15.3 Å². The second kappa shape index (κ2) is 8.81. The maximum Gasteiger partial charge on any atom is 0.213 e. The van der Waals surface area contributed by atoms with Crippen LogP contribution in [0.5, 0.6) is 0 Å². The first-order chi connectivity index (χ1) is 14.8. The minimum Gasteiger partial charge on any atom is -0.266 e.